The second-order valence-electron chi connectivity index (χ2n) is 5.81. The number of rotatable bonds is 6. The second kappa shape index (κ2) is 7.02. The van der Waals surface area contributed by atoms with Crippen LogP contribution in [0.5, 0.6) is 0 Å². The lowest BCUT2D eigenvalue weighted by Crippen LogP contribution is -2.37. The van der Waals surface area contributed by atoms with Gasteiger partial charge in [-0.05, 0) is 45.1 Å². The average molecular weight is 278 g/mol. The Balaban J connectivity index is 2.01. The van der Waals surface area contributed by atoms with Crippen LogP contribution in [0.15, 0.2) is 18.3 Å². The molecule has 1 fully saturated rings. The van der Waals surface area contributed by atoms with Crippen LogP contribution in [-0.4, -0.2) is 65.8 Å². The molecule has 0 spiro atoms. The molecule has 0 aromatic carbocycles. The van der Waals surface area contributed by atoms with Crippen LogP contribution in [-0.2, 0) is 6.54 Å². The molecule has 1 saturated heterocycles. The highest BCUT2D eigenvalue weighted by atomic mass is 16.3. The van der Waals surface area contributed by atoms with Gasteiger partial charge in [0.2, 0.25) is 0 Å². The Kier molecular flexibility index (Phi) is 5.34. The lowest BCUT2D eigenvalue weighted by atomic mass is 10.2. The summed E-state index contributed by atoms with van der Waals surface area (Å²) in [5, 5.41) is 13.2. The van der Waals surface area contributed by atoms with Crippen molar-refractivity contribution in [3.8, 4) is 0 Å². The predicted molar refractivity (Wildman–Crippen MR) is 81.8 cm³/mol. The summed E-state index contributed by atoms with van der Waals surface area (Å²) in [5.74, 6) is 0.925. The summed E-state index contributed by atoms with van der Waals surface area (Å²) in [6.07, 6.45) is 2.51. The average Bonchev–Trinajstić information content (AvgIpc) is 2.69. The van der Waals surface area contributed by atoms with E-state index < -0.39 is 0 Å². The van der Waals surface area contributed by atoms with Crippen LogP contribution in [0.4, 0.5) is 5.82 Å². The van der Waals surface area contributed by atoms with Gasteiger partial charge in [0.25, 0.3) is 0 Å². The molecule has 2 atom stereocenters. The fourth-order valence-corrected chi connectivity index (χ4v) is 2.85. The van der Waals surface area contributed by atoms with Gasteiger partial charge in [-0.3, -0.25) is 4.90 Å². The fourth-order valence-electron chi connectivity index (χ4n) is 2.85. The molecule has 2 rings (SSSR count). The first-order valence-electron chi connectivity index (χ1n) is 7.34. The number of likely N-dealkylation sites (N-methyl/N-ethyl adjacent to an activating group) is 1. The molecule has 0 amide bonds. The zero-order valence-corrected chi connectivity index (χ0v) is 12.7. The van der Waals surface area contributed by atoms with Crippen LogP contribution in [0, 0.1) is 0 Å². The summed E-state index contributed by atoms with van der Waals surface area (Å²) >= 11 is 0. The van der Waals surface area contributed by atoms with Crippen molar-refractivity contribution in [2.24, 2.45) is 0 Å². The number of likely N-dealkylation sites (tertiary alicyclic amines) is 1. The van der Waals surface area contributed by atoms with E-state index in [0.717, 1.165) is 38.4 Å². The quantitative estimate of drug-likeness (QED) is 0.813. The van der Waals surface area contributed by atoms with Crippen molar-refractivity contribution in [1.29, 1.82) is 0 Å². The maximum Gasteiger partial charge on any atom is 0.126 e. The van der Waals surface area contributed by atoms with E-state index in [-0.39, 0.29) is 6.10 Å². The van der Waals surface area contributed by atoms with Gasteiger partial charge in [-0.25, -0.2) is 4.98 Å². The van der Waals surface area contributed by atoms with E-state index in [1.54, 1.807) is 0 Å². The molecule has 0 bridgehead atoms. The first-order valence-corrected chi connectivity index (χ1v) is 7.34. The summed E-state index contributed by atoms with van der Waals surface area (Å²) in [4.78, 5) is 8.86. The monoisotopic (exact) mass is 278 g/mol. The third-order valence-electron chi connectivity index (χ3n) is 3.65. The molecule has 0 aliphatic carbocycles. The molecular formula is C15H26N4O. The minimum absolute atomic E-state index is 0.199. The lowest BCUT2D eigenvalue weighted by molar-refractivity contribution is 0.169. The minimum Gasteiger partial charge on any atom is -0.392 e. The number of hydrogen-bond donors (Lipinski definition) is 2. The third-order valence-corrected chi connectivity index (χ3v) is 3.65. The second-order valence-corrected chi connectivity index (χ2v) is 5.81. The largest absolute Gasteiger partial charge is 0.392 e. The number of β-amino-alcohol motifs (C(OH)–C–C–N with tert-alkyl or cyclic N) is 1. The van der Waals surface area contributed by atoms with E-state index in [2.05, 4.69) is 53.3 Å². The lowest BCUT2D eigenvalue weighted by Gasteiger charge is -2.26. The van der Waals surface area contributed by atoms with Crippen LogP contribution in [0.1, 0.15) is 18.9 Å². The smallest absolute Gasteiger partial charge is 0.126 e. The number of aliphatic hydroxyl groups excluding tert-OH is 1. The number of nitrogens with zero attached hydrogens (tertiary/aromatic N) is 3. The summed E-state index contributed by atoms with van der Waals surface area (Å²) < 4.78 is 0. The summed E-state index contributed by atoms with van der Waals surface area (Å²) in [5.41, 5.74) is 1.24. The molecule has 0 radical (unpaired) electrons. The van der Waals surface area contributed by atoms with Gasteiger partial charge in [-0.2, -0.15) is 0 Å². The summed E-state index contributed by atoms with van der Waals surface area (Å²) in [6, 6.07) is 4.58. The molecule has 1 aliphatic heterocycles. The van der Waals surface area contributed by atoms with Crippen LogP contribution in [0.2, 0.25) is 0 Å². The van der Waals surface area contributed by atoms with Crippen molar-refractivity contribution in [2.75, 3.05) is 39.0 Å². The Hall–Kier alpha value is -1.17. The predicted octanol–water partition coefficient (Wildman–Crippen LogP) is 1.01. The van der Waals surface area contributed by atoms with Gasteiger partial charge in [-0.15, -0.1) is 0 Å². The number of hydrogen-bond acceptors (Lipinski definition) is 5. The minimum atomic E-state index is -0.199. The van der Waals surface area contributed by atoms with Crippen molar-refractivity contribution < 1.29 is 5.11 Å². The van der Waals surface area contributed by atoms with Crippen molar-refractivity contribution in [1.82, 2.24) is 14.8 Å². The molecule has 5 heteroatoms. The zero-order valence-electron chi connectivity index (χ0n) is 12.7. The highest BCUT2D eigenvalue weighted by molar-refractivity contribution is 5.37. The summed E-state index contributed by atoms with van der Waals surface area (Å²) in [6.45, 7) is 5.57. The molecule has 2 N–H and O–H groups in total. The SMILES string of the molecule is CCNc1cc(CN2CC(O)CC2CN(C)C)ccn1. The molecule has 20 heavy (non-hydrogen) atoms. The molecule has 2 heterocycles. The van der Waals surface area contributed by atoms with Gasteiger partial charge < -0.3 is 15.3 Å². The Morgan fingerprint density at radius 3 is 3.00 bits per heavy atom. The Morgan fingerprint density at radius 1 is 1.50 bits per heavy atom. The molecule has 2 unspecified atom stereocenters. The molecule has 1 aliphatic rings. The van der Waals surface area contributed by atoms with Gasteiger partial charge in [0.05, 0.1) is 6.10 Å². The standard InChI is InChI=1S/C15H26N4O/c1-4-16-15-7-12(5-6-17-15)9-19-11-14(20)8-13(19)10-18(2)3/h5-7,13-14,20H,4,8-11H2,1-3H3,(H,16,17). The first-order chi connectivity index (χ1) is 9.58. The number of aliphatic hydroxyl groups is 1. The Bertz CT molecular complexity index is 424. The van der Waals surface area contributed by atoms with E-state index in [1.807, 2.05) is 6.20 Å². The van der Waals surface area contributed by atoms with Crippen LogP contribution >= 0.6 is 0 Å². The molecule has 5 nitrogen and oxygen atoms in total. The first kappa shape index (κ1) is 15.2. The fraction of sp³-hybridized carbons (Fsp3) is 0.667. The van der Waals surface area contributed by atoms with E-state index >= 15 is 0 Å². The normalized spacial score (nSPS) is 23.4. The Labute approximate surface area is 121 Å². The van der Waals surface area contributed by atoms with Crippen LogP contribution < -0.4 is 5.32 Å². The van der Waals surface area contributed by atoms with Crippen LogP contribution in [0.3, 0.4) is 0 Å². The molecule has 0 saturated carbocycles. The van der Waals surface area contributed by atoms with Crippen molar-refractivity contribution in [2.45, 2.75) is 32.0 Å². The molecule has 112 valence electrons. The third kappa shape index (κ3) is 4.16. The number of anilines is 1. The highest BCUT2D eigenvalue weighted by Crippen LogP contribution is 2.21. The van der Waals surface area contributed by atoms with Crippen LogP contribution in [0.25, 0.3) is 0 Å². The number of aromatic nitrogens is 1. The van der Waals surface area contributed by atoms with Gasteiger partial charge in [0.1, 0.15) is 5.82 Å². The van der Waals surface area contributed by atoms with E-state index in [4.69, 9.17) is 0 Å². The number of pyridine rings is 1. The van der Waals surface area contributed by atoms with Gasteiger partial charge in [0.15, 0.2) is 0 Å². The van der Waals surface area contributed by atoms with E-state index in [9.17, 15) is 5.11 Å². The van der Waals surface area contributed by atoms with Gasteiger partial charge in [0, 0.05) is 38.4 Å². The van der Waals surface area contributed by atoms with Crippen molar-refractivity contribution >= 4 is 5.82 Å². The van der Waals surface area contributed by atoms with E-state index in [0.29, 0.717) is 6.04 Å². The van der Waals surface area contributed by atoms with E-state index in [1.165, 1.54) is 5.56 Å². The topological polar surface area (TPSA) is 51.6 Å². The van der Waals surface area contributed by atoms with Crippen molar-refractivity contribution in [3.05, 3.63) is 23.9 Å². The number of nitrogens with one attached hydrogen (secondary N) is 1. The maximum atomic E-state index is 9.91. The molecule has 1 aromatic rings. The van der Waals surface area contributed by atoms with Gasteiger partial charge >= 0.3 is 0 Å². The Morgan fingerprint density at radius 2 is 2.30 bits per heavy atom. The zero-order chi connectivity index (χ0) is 14.5. The summed E-state index contributed by atoms with van der Waals surface area (Å²) in [7, 11) is 4.16. The maximum absolute atomic E-state index is 9.91. The molecular weight excluding hydrogens is 252 g/mol. The van der Waals surface area contributed by atoms with Gasteiger partial charge in [-0.1, -0.05) is 0 Å². The molecule has 1 aromatic heterocycles. The van der Waals surface area contributed by atoms with Crippen molar-refractivity contribution in [3.63, 3.8) is 0 Å². The highest BCUT2D eigenvalue weighted by Gasteiger charge is 2.30.